The summed E-state index contributed by atoms with van der Waals surface area (Å²) in [5.41, 5.74) is 4.55. The number of likely N-dealkylation sites (N-methyl/N-ethyl adjacent to an activating group) is 1. The zero-order valence-electron chi connectivity index (χ0n) is 21.0. The van der Waals surface area contributed by atoms with Crippen molar-refractivity contribution in [2.24, 2.45) is 0 Å². The zero-order chi connectivity index (χ0) is 24.5. The van der Waals surface area contributed by atoms with Gasteiger partial charge in [0.25, 0.3) is 5.91 Å². The number of para-hydroxylation sites is 1. The Kier molecular flexibility index (Phi) is 6.59. The average molecular weight is 460 g/mol. The number of aromatic amines is 1. The molecule has 1 aliphatic heterocycles. The molecule has 5 nitrogen and oxygen atoms in total. The highest BCUT2D eigenvalue weighted by Crippen LogP contribution is 2.52. The predicted molar refractivity (Wildman–Crippen MR) is 139 cm³/mol. The molecule has 3 aromatic rings. The van der Waals surface area contributed by atoms with Gasteiger partial charge in [0.05, 0.1) is 11.8 Å². The van der Waals surface area contributed by atoms with Crippen molar-refractivity contribution in [3.63, 3.8) is 0 Å². The number of aromatic nitrogens is 1. The van der Waals surface area contributed by atoms with Crippen LogP contribution in [0.15, 0.2) is 71.9 Å². The molecule has 1 N–H and O–H groups in total. The summed E-state index contributed by atoms with van der Waals surface area (Å²) in [7, 11) is 4.29. The highest BCUT2D eigenvalue weighted by atomic mass is 16.3. The van der Waals surface area contributed by atoms with Gasteiger partial charge in [0.15, 0.2) is 5.76 Å². The number of nitrogens with zero attached hydrogens (tertiary/aromatic N) is 2. The molecule has 1 saturated carbocycles. The molecular weight excluding hydrogens is 422 g/mol. The Morgan fingerprint density at radius 3 is 2.41 bits per heavy atom. The molecule has 1 fully saturated rings. The second-order valence-corrected chi connectivity index (χ2v) is 9.85. The Hall–Kier alpha value is -3.05. The van der Waals surface area contributed by atoms with E-state index >= 15 is 0 Å². The number of fused-ring (bicyclic) bond motifs is 4. The van der Waals surface area contributed by atoms with Crippen molar-refractivity contribution >= 4 is 16.8 Å². The van der Waals surface area contributed by atoms with Crippen molar-refractivity contribution in [1.29, 1.82) is 0 Å². The van der Waals surface area contributed by atoms with Crippen LogP contribution in [-0.4, -0.2) is 46.9 Å². The molecule has 1 aromatic carbocycles. The van der Waals surface area contributed by atoms with Crippen molar-refractivity contribution in [3.8, 4) is 0 Å². The van der Waals surface area contributed by atoms with E-state index in [1.807, 2.05) is 6.92 Å². The van der Waals surface area contributed by atoms with Gasteiger partial charge in [0, 0.05) is 28.7 Å². The number of nitrogens with one attached hydrogen (secondary N) is 1. The summed E-state index contributed by atoms with van der Waals surface area (Å²) in [5.74, 6) is 0.408. The lowest BCUT2D eigenvalue weighted by Gasteiger charge is -2.55. The number of carbonyl (C=O) groups excluding carboxylic acids is 1. The smallest absolute Gasteiger partial charge is 0.290 e. The van der Waals surface area contributed by atoms with E-state index in [9.17, 15) is 4.79 Å². The average Bonchev–Trinajstić information content (AvgIpc) is 3.49. The quantitative estimate of drug-likeness (QED) is 0.468. The summed E-state index contributed by atoms with van der Waals surface area (Å²) in [6, 6.07) is 12.1. The van der Waals surface area contributed by atoms with E-state index in [1.165, 1.54) is 22.2 Å². The molecule has 1 aliphatic carbocycles. The second kappa shape index (κ2) is 9.30. The van der Waals surface area contributed by atoms with E-state index in [0.717, 1.165) is 37.6 Å². The van der Waals surface area contributed by atoms with Gasteiger partial charge in [-0.15, -0.1) is 6.58 Å². The maximum atomic E-state index is 13.6. The molecule has 0 radical (unpaired) electrons. The first kappa shape index (κ1) is 24.1. The van der Waals surface area contributed by atoms with Gasteiger partial charge in [0.1, 0.15) is 0 Å². The van der Waals surface area contributed by atoms with Crippen LogP contribution < -0.4 is 0 Å². The number of hydrogen-bond donors (Lipinski definition) is 1. The third kappa shape index (κ3) is 3.72. The Balaban J connectivity index is 0.000000868. The molecule has 3 heterocycles. The van der Waals surface area contributed by atoms with E-state index in [4.69, 9.17) is 4.42 Å². The lowest BCUT2D eigenvalue weighted by molar-refractivity contribution is -0.00354. The first-order chi connectivity index (χ1) is 16.3. The van der Waals surface area contributed by atoms with E-state index in [-0.39, 0.29) is 17.0 Å². The van der Waals surface area contributed by atoms with Gasteiger partial charge in [-0.25, -0.2) is 0 Å². The number of furan rings is 1. The maximum Gasteiger partial charge on any atom is 0.290 e. The van der Waals surface area contributed by atoms with Crippen LogP contribution in [0.2, 0.25) is 0 Å². The summed E-state index contributed by atoms with van der Waals surface area (Å²) in [6.45, 7) is 12.4. The van der Waals surface area contributed by atoms with E-state index < -0.39 is 0 Å². The number of carbonyl (C=O) groups is 1. The topological polar surface area (TPSA) is 52.5 Å². The zero-order valence-corrected chi connectivity index (χ0v) is 21.0. The first-order valence-electron chi connectivity index (χ1n) is 12.2. The number of H-pyrrole nitrogens is 1. The van der Waals surface area contributed by atoms with Crippen LogP contribution in [0, 0.1) is 0 Å². The number of amides is 1. The van der Waals surface area contributed by atoms with Gasteiger partial charge < -0.3 is 19.2 Å². The standard InChI is InChI=1S/C26H31N3O2.C3H6/c1-18(2)25(28(3)4)12-14-26(15-13-25)23-20(19-8-5-6-9-21(19)27-23)11-16-29(26)24(30)22-10-7-17-31-22;1-3-2/h5-10,17,27H,1,11-16H2,2-4H3;3H,1H2,2H3. The van der Waals surface area contributed by atoms with Crippen LogP contribution in [-0.2, 0) is 12.0 Å². The molecule has 0 unspecified atom stereocenters. The van der Waals surface area contributed by atoms with Gasteiger partial charge in [-0.05, 0) is 83.8 Å². The van der Waals surface area contributed by atoms with Crippen LogP contribution >= 0.6 is 0 Å². The van der Waals surface area contributed by atoms with E-state index in [0.29, 0.717) is 12.3 Å². The van der Waals surface area contributed by atoms with Crippen LogP contribution in [0.5, 0.6) is 0 Å². The monoisotopic (exact) mass is 459 g/mol. The van der Waals surface area contributed by atoms with E-state index in [2.05, 4.69) is 73.2 Å². The summed E-state index contributed by atoms with van der Waals surface area (Å²) in [4.78, 5) is 21.7. The molecule has 0 atom stereocenters. The van der Waals surface area contributed by atoms with Gasteiger partial charge in [-0.1, -0.05) is 36.4 Å². The van der Waals surface area contributed by atoms with E-state index in [1.54, 1.807) is 24.5 Å². The largest absolute Gasteiger partial charge is 0.459 e. The predicted octanol–water partition coefficient (Wildman–Crippen LogP) is 6.30. The van der Waals surface area contributed by atoms with Gasteiger partial charge in [0.2, 0.25) is 0 Å². The summed E-state index contributed by atoms with van der Waals surface area (Å²) in [6.07, 6.45) is 7.90. The maximum absolute atomic E-state index is 13.6. The van der Waals surface area contributed by atoms with Gasteiger partial charge in [-0.3, -0.25) is 4.79 Å². The fraction of sp³-hybridized carbons (Fsp3) is 0.414. The minimum Gasteiger partial charge on any atom is -0.459 e. The van der Waals surface area contributed by atoms with Crippen molar-refractivity contribution in [1.82, 2.24) is 14.8 Å². The third-order valence-electron chi connectivity index (χ3n) is 7.91. The SMILES string of the molecule is C=C(C)C1(N(C)C)CCC2(CC1)c1[nH]c3ccccc3c1CCN2C(=O)c1ccco1.C=CC. The molecule has 2 aromatic heterocycles. The fourth-order valence-electron chi connectivity index (χ4n) is 6.11. The first-order valence-corrected chi connectivity index (χ1v) is 12.2. The molecule has 34 heavy (non-hydrogen) atoms. The normalized spacial score (nSPS) is 24.0. The van der Waals surface area contributed by atoms with Crippen molar-refractivity contribution < 1.29 is 9.21 Å². The van der Waals surface area contributed by atoms with Crippen LogP contribution in [0.1, 0.15) is 61.3 Å². The Morgan fingerprint density at radius 2 is 1.82 bits per heavy atom. The number of rotatable bonds is 3. The molecule has 1 spiro atoms. The minimum atomic E-state index is -0.356. The summed E-state index contributed by atoms with van der Waals surface area (Å²) < 4.78 is 5.52. The Morgan fingerprint density at radius 1 is 1.15 bits per heavy atom. The molecule has 5 rings (SSSR count). The molecule has 0 bridgehead atoms. The van der Waals surface area contributed by atoms with Gasteiger partial charge >= 0.3 is 0 Å². The lowest BCUT2D eigenvalue weighted by Crippen LogP contribution is -2.59. The number of benzene rings is 1. The number of allylic oxidation sites excluding steroid dienone is 1. The van der Waals surface area contributed by atoms with Gasteiger partial charge in [-0.2, -0.15) is 0 Å². The Bertz CT molecular complexity index is 1180. The molecule has 1 amide bonds. The van der Waals surface area contributed by atoms with Crippen molar-refractivity contribution in [3.05, 3.63) is 84.5 Å². The number of hydrogen-bond acceptors (Lipinski definition) is 3. The highest BCUT2D eigenvalue weighted by Gasteiger charge is 2.53. The third-order valence-corrected chi connectivity index (χ3v) is 7.91. The van der Waals surface area contributed by atoms with Crippen molar-refractivity contribution in [2.75, 3.05) is 20.6 Å². The summed E-state index contributed by atoms with van der Waals surface area (Å²) in [5, 5.41) is 1.28. The molecule has 0 saturated heterocycles. The molecule has 180 valence electrons. The molecular formula is C29H37N3O2. The summed E-state index contributed by atoms with van der Waals surface area (Å²) >= 11 is 0. The lowest BCUT2D eigenvalue weighted by atomic mass is 9.65. The second-order valence-electron chi connectivity index (χ2n) is 9.85. The Labute approximate surface area is 203 Å². The van der Waals surface area contributed by atoms with Crippen LogP contribution in [0.3, 0.4) is 0 Å². The van der Waals surface area contributed by atoms with Crippen LogP contribution in [0.4, 0.5) is 0 Å². The minimum absolute atomic E-state index is 0.0121. The molecule has 2 aliphatic rings. The molecule has 5 heteroatoms. The van der Waals surface area contributed by atoms with Crippen molar-refractivity contribution in [2.45, 2.75) is 57.0 Å². The highest BCUT2D eigenvalue weighted by molar-refractivity contribution is 5.93. The van der Waals surface area contributed by atoms with Crippen LogP contribution in [0.25, 0.3) is 10.9 Å². The fourth-order valence-corrected chi connectivity index (χ4v) is 6.11.